The molecule has 0 rings (SSSR count). The summed E-state index contributed by atoms with van der Waals surface area (Å²) in [6.45, 7) is 0. The predicted molar refractivity (Wildman–Crippen MR) is 23.1 cm³/mol. The molecule has 0 unspecified atom stereocenters. The van der Waals surface area contributed by atoms with Crippen LogP contribution in [-0.4, -0.2) is 18.8 Å². The van der Waals surface area contributed by atoms with Crippen LogP contribution < -0.4 is 27.3 Å². The molecule has 4 nitrogen and oxygen atoms in total. The van der Waals surface area contributed by atoms with E-state index in [1.54, 1.807) is 7.11 Å². The van der Waals surface area contributed by atoms with Crippen LogP contribution in [0.4, 0.5) is 0 Å². The van der Waals surface area contributed by atoms with Crippen molar-refractivity contribution < 1.29 is 34.4 Å². The number of hydrogen-bond acceptors (Lipinski definition) is 4. The first kappa shape index (κ1) is 8.57. The minimum atomic E-state index is -0.249. The molecule has 1 N–H and O–H groups in total. The summed E-state index contributed by atoms with van der Waals surface area (Å²) in [5.41, 5.74) is 2.23. The van der Waals surface area contributed by atoms with Crippen LogP contribution in [0.5, 0.6) is 0 Å². The molecule has 0 aromatic carbocycles. The second-order valence-electron chi connectivity index (χ2n) is 0.804. The van der Waals surface area contributed by atoms with Gasteiger partial charge in [-0.15, -0.1) is 0 Å². The minimum absolute atomic E-state index is 0.249. The Morgan fingerprint density at radius 3 is 2.75 bits per heavy atom. The van der Waals surface area contributed by atoms with Gasteiger partial charge in [0.05, 0.1) is 0 Å². The van der Waals surface area contributed by atoms with Crippen LogP contribution in [0, 0.1) is 0 Å². The third kappa shape index (κ3) is 6.57. The molecule has 0 bridgehead atoms. The van der Waals surface area contributed by atoms with Gasteiger partial charge < -0.3 is 0 Å². The van der Waals surface area contributed by atoms with E-state index in [1.807, 2.05) is 0 Å². The summed E-state index contributed by atoms with van der Waals surface area (Å²) in [6.07, 6.45) is 0. The van der Waals surface area contributed by atoms with E-state index in [4.69, 9.17) is 3.07 Å². The van der Waals surface area contributed by atoms with Gasteiger partial charge in [0.2, 0.25) is 0 Å². The van der Waals surface area contributed by atoms with E-state index < -0.39 is 0 Å². The van der Waals surface area contributed by atoms with Crippen LogP contribution in [0.3, 0.4) is 0 Å². The van der Waals surface area contributed by atoms with E-state index in [9.17, 15) is 0 Å². The van der Waals surface area contributed by atoms with Crippen LogP contribution in [-0.2, 0) is 12.7 Å². The van der Waals surface area contributed by atoms with Crippen LogP contribution >= 0.6 is 0 Å². The Hall–Kier alpha value is 0.570. The Morgan fingerprint density at radius 2 is 2.25 bits per heavy atom. The number of hydrogen-bond donors (Lipinski definition) is 1. The summed E-state index contributed by atoms with van der Waals surface area (Å²) in [4.78, 5) is 9.05. The summed E-state index contributed by atoms with van der Waals surface area (Å²) >= 11 is -0.249. The molecule has 0 saturated heterocycles. The molecule has 0 aliphatic carbocycles. The first-order chi connectivity index (χ1) is 3.91. The van der Waals surface area contributed by atoms with Gasteiger partial charge in [-0.05, 0) is 0 Å². The van der Waals surface area contributed by atoms with Crippen molar-refractivity contribution in [1.82, 2.24) is 5.64 Å². The number of alkyl halides is 1. The summed E-state index contributed by atoms with van der Waals surface area (Å²) in [5, 5.41) is 0. The second kappa shape index (κ2) is 7.57. The maximum atomic E-state index is 4.78. The van der Waals surface area contributed by atoms with Gasteiger partial charge in [-0.3, -0.25) is 0 Å². The van der Waals surface area contributed by atoms with Crippen molar-refractivity contribution >= 4 is 0 Å². The molecular formula is C3H9INO3-. The van der Waals surface area contributed by atoms with Gasteiger partial charge in [0.1, 0.15) is 0 Å². The van der Waals surface area contributed by atoms with Gasteiger partial charge in [-0.2, -0.15) is 0 Å². The molecule has 0 radical (unpaired) electrons. The van der Waals surface area contributed by atoms with E-state index in [0.717, 1.165) is 0 Å². The molecule has 8 heavy (non-hydrogen) atoms. The molecule has 5 heteroatoms. The fourth-order valence-corrected chi connectivity index (χ4v) is 0.657. The van der Waals surface area contributed by atoms with E-state index >= 15 is 0 Å². The standard InChI is InChI=1S/C3H9INO3/c1-6-4-3-8-5-7-2/h5H,3H2,1-2H3/q-1. The van der Waals surface area contributed by atoms with Crippen molar-refractivity contribution in [3.05, 3.63) is 0 Å². The molecule has 0 amide bonds. The van der Waals surface area contributed by atoms with Crippen molar-refractivity contribution in [2.24, 2.45) is 0 Å². The summed E-state index contributed by atoms with van der Waals surface area (Å²) in [7, 11) is 3.15. The molecule has 52 valence electrons. The van der Waals surface area contributed by atoms with Crippen molar-refractivity contribution in [2.45, 2.75) is 0 Å². The zero-order valence-corrected chi connectivity index (χ0v) is 6.97. The molecule has 0 heterocycles. The molecule has 0 saturated carbocycles. The molecular weight excluding hydrogens is 225 g/mol. The monoisotopic (exact) mass is 234 g/mol. The molecule has 0 spiro atoms. The van der Waals surface area contributed by atoms with Gasteiger partial charge in [-0.1, -0.05) is 0 Å². The molecule has 0 aliphatic heterocycles. The third-order valence-electron chi connectivity index (χ3n) is 0.350. The van der Waals surface area contributed by atoms with E-state index in [0.29, 0.717) is 4.61 Å². The van der Waals surface area contributed by atoms with Crippen LogP contribution in [0.25, 0.3) is 0 Å². The molecule has 0 atom stereocenters. The average molecular weight is 234 g/mol. The normalized spacial score (nSPS) is 10.2. The first-order valence-corrected chi connectivity index (χ1v) is 4.34. The fraction of sp³-hybridized carbons (Fsp3) is 1.00. The Labute approximate surface area is 59.2 Å². The molecule has 0 aliphatic rings. The third-order valence-corrected chi connectivity index (χ3v) is 1.54. The van der Waals surface area contributed by atoms with Gasteiger partial charge in [0.25, 0.3) is 0 Å². The van der Waals surface area contributed by atoms with E-state index in [-0.39, 0.29) is 21.6 Å². The maximum absolute atomic E-state index is 4.78. The van der Waals surface area contributed by atoms with E-state index in [1.165, 1.54) is 7.11 Å². The Bertz CT molecular complexity index is 39.5. The van der Waals surface area contributed by atoms with Gasteiger partial charge >= 0.3 is 58.8 Å². The SMILES string of the molecule is CONOC[I-]OC. The van der Waals surface area contributed by atoms with Crippen LogP contribution in [0.15, 0.2) is 0 Å². The fourth-order valence-electron chi connectivity index (χ4n) is 0.148. The first-order valence-electron chi connectivity index (χ1n) is 1.93. The number of nitrogens with one attached hydrogen (secondary N) is 1. The zero-order valence-electron chi connectivity index (χ0n) is 4.81. The van der Waals surface area contributed by atoms with Gasteiger partial charge in [0, 0.05) is 0 Å². The average Bonchev–Trinajstić information content (AvgIpc) is 1.81. The number of rotatable bonds is 5. The zero-order chi connectivity index (χ0) is 6.24. The number of halogens is 1. The Balaban J connectivity index is 2.53. The molecule has 0 aromatic heterocycles. The molecule has 0 aromatic rings. The topological polar surface area (TPSA) is 39.7 Å². The van der Waals surface area contributed by atoms with Crippen molar-refractivity contribution in [3.8, 4) is 0 Å². The van der Waals surface area contributed by atoms with Crippen LogP contribution in [0.1, 0.15) is 0 Å². The Morgan fingerprint density at radius 1 is 1.50 bits per heavy atom. The van der Waals surface area contributed by atoms with Crippen LogP contribution in [0.2, 0.25) is 0 Å². The summed E-state index contributed by atoms with van der Waals surface area (Å²) in [6, 6.07) is 0. The second-order valence-corrected chi connectivity index (χ2v) is 2.93. The van der Waals surface area contributed by atoms with E-state index in [2.05, 4.69) is 15.3 Å². The van der Waals surface area contributed by atoms with Crippen molar-refractivity contribution in [2.75, 3.05) is 18.8 Å². The molecule has 0 fully saturated rings. The van der Waals surface area contributed by atoms with Crippen molar-refractivity contribution in [3.63, 3.8) is 0 Å². The van der Waals surface area contributed by atoms with Gasteiger partial charge in [0.15, 0.2) is 0 Å². The quantitative estimate of drug-likeness (QED) is 0.234. The predicted octanol–water partition coefficient (Wildman–Crippen LogP) is -3.32. The summed E-state index contributed by atoms with van der Waals surface area (Å²) in [5.74, 6) is 0. The summed E-state index contributed by atoms with van der Waals surface area (Å²) < 4.78 is 5.38. The Kier molecular flexibility index (Phi) is 8.11. The van der Waals surface area contributed by atoms with Gasteiger partial charge in [-0.25, -0.2) is 0 Å². The van der Waals surface area contributed by atoms with Crippen molar-refractivity contribution in [1.29, 1.82) is 0 Å².